The Balaban J connectivity index is 1.71. The lowest BCUT2D eigenvalue weighted by Crippen LogP contribution is -2.07. The number of halogens is 2. The molecule has 2 aromatic heterocycles. The molecule has 0 bridgehead atoms. The summed E-state index contributed by atoms with van der Waals surface area (Å²) in [6.45, 7) is 0. The van der Waals surface area contributed by atoms with Crippen molar-refractivity contribution in [3.05, 3.63) is 74.8 Å². The molecule has 4 nitrogen and oxygen atoms in total. The van der Waals surface area contributed by atoms with Crippen molar-refractivity contribution >= 4 is 56.2 Å². The van der Waals surface area contributed by atoms with Gasteiger partial charge in [0, 0.05) is 17.0 Å². The summed E-state index contributed by atoms with van der Waals surface area (Å²) in [6.07, 6.45) is -0.118. The number of carbonyl (C=O) groups excluding carboxylic acids is 1. The molecule has 8 heteroatoms. The summed E-state index contributed by atoms with van der Waals surface area (Å²) in [5, 5.41) is 11.8. The Hall–Kier alpha value is -2.61. The molecule has 140 valence electrons. The first kappa shape index (κ1) is 18.7. The fourth-order valence-electron chi connectivity index (χ4n) is 2.87. The van der Waals surface area contributed by atoms with Crippen LogP contribution in [-0.2, 0) is 6.42 Å². The maximum absolute atomic E-state index is 14.3. The summed E-state index contributed by atoms with van der Waals surface area (Å²) >= 11 is 8.13. The fraction of sp³-hybridized carbons (Fsp3) is 0.0500. The second-order valence-electron chi connectivity index (χ2n) is 5.98. The van der Waals surface area contributed by atoms with Crippen molar-refractivity contribution in [2.45, 2.75) is 6.42 Å². The minimum Gasteiger partial charge on any atom is -0.478 e. The number of Topliss-reactive ketones (excluding diaryl/α,β-unsaturated/α-hetero) is 1. The van der Waals surface area contributed by atoms with E-state index in [1.165, 1.54) is 23.5 Å². The number of carboxylic acid groups (broad SMARTS) is 1. The van der Waals surface area contributed by atoms with E-state index in [0.717, 1.165) is 27.6 Å². The molecule has 1 N–H and O–H groups in total. The monoisotopic (exact) mass is 431 g/mol. The first-order valence-electron chi connectivity index (χ1n) is 8.12. The molecular formula is C20H11ClFNO3S2. The number of benzene rings is 2. The topological polar surface area (TPSA) is 67.3 Å². The number of aromatic nitrogens is 1. The van der Waals surface area contributed by atoms with Crippen molar-refractivity contribution in [2.24, 2.45) is 0 Å². The van der Waals surface area contributed by atoms with E-state index in [0.29, 0.717) is 10.6 Å². The number of hydrogen-bond acceptors (Lipinski definition) is 5. The van der Waals surface area contributed by atoms with E-state index in [2.05, 4.69) is 4.98 Å². The van der Waals surface area contributed by atoms with Gasteiger partial charge in [0.25, 0.3) is 0 Å². The van der Waals surface area contributed by atoms with E-state index >= 15 is 0 Å². The van der Waals surface area contributed by atoms with Crippen LogP contribution in [-0.4, -0.2) is 21.8 Å². The number of carboxylic acids is 1. The van der Waals surface area contributed by atoms with Gasteiger partial charge in [-0.05, 0) is 41.3 Å². The van der Waals surface area contributed by atoms with Gasteiger partial charge >= 0.3 is 5.97 Å². The van der Waals surface area contributed by atoms with Crippen LogP contribution in [0, 0.1) is 5.82 Å². The lowest BCUT2D eigenvalue weighted by Gasteiger charge is -2.05. The Bertz CT molecular complexity index is 1200. The third kappa shape index (κ3) is 3.44. The molecule has 0 amide bonds. The van der Waals surface area contributed by atoms with Gasteiger partial charge in [0.1, 0.15) is 5.82 Å². The molecule has 0 spiro atoms. The predicted octanol–water partition coefficient (Wildman–Crippen LogP) is 5.94. The number of fused-ring (bicyclic) bond motifs is 1. The fourth-order valence-corrected chi connectivity index (χ4v) is 5.02. The third-order valence-electron chi connectivity index (χ3n) is 4.14. The molecular weight excluding hydrogens is 421 g/mol. The molecule has 4 aromatic rings. The molecule has 0 fully saturated rings. The van der Waals surface area contributed by atoms with Gasteiger partial charge in [-0.2, -0.15) is 0 Å². The number of thiophene rings is 1. The molecule has 0 aliphatic carbocycles. The number of aromatic carboxylic acids is 1. The average molecular weight is 432 g/mol. The highest BCUT2D eigenvalue weighted by molar-refractivity contribution is 7.20. The first-order chi connectivity index (χ1) is 13.4. The smallest absolute Gasteiger partial charge is 0.337 e. The van der Waals surface area contributed by atoms with Crippen molar-refractivity contribution in [1.82, 2.24) is 4.98 Å². The lowest BCUT2D eigenvalue weighted by atomic mass is 10.0. The number of carbonyl (C=O) groups is 2. The quantitative estimate of drug-likeness (QED) is 0.397. The highest BCUT2D eigenvalue weighted by atomic mass is 35.5. The van der Waals surface area contributed by atoms with Gasteiger partial charge in [0.05, 0.1) is 20.7 Å². The summed E-state index contributed by atoms with van der Waals surface area (Å²) in [7, 11) is 0. The molecule has 2 aromatic carbocycles. The average Bonchev–Trinajstić information content (AvgIpc) is 3.26. The number of thiazole rings is 1. The van der Waals surface area contributed by atoms with Gasteiger partial charge in [-0.1, -0.05) is 23.7 Å². The van der Waals surface area contributed by atoms with Gasteiger partial charge in [0.15, 0.2) is 10.8 Å². The predicted molar refractivity (Wildman–Crippen MR) is 109 cm³/mol. The number of ketones is 1. The number of rotatable bonds is 5. The van der Waals surface area contributed by atoms with Crippen LogP contribution in [0.4, 0.5) is 4.39 Å². The van der Waals surface area contributed by atoms with Gasteiger partial charge in [-0.25, -0.2) is 14.2 Å². The first-order valence-corrected chi connectivity index (χ1v) is 10.2. The van der Waals surface area contributed by atoms with Gasteiger partial charge in [-0.3, -0.25) is 4.79 Å². The number of para-hydroxylation sites is 1. The minimum absolute atomic E-state index is 0.0688. The number of nitrogens with zero attached hydrogens (tertiary/aromatic N) is 1. The Morgan fingerprint density at radius 2 is 1.96 bits per heavy atom. The largest absolute Gasteiger partial charge is 0.478 e. The van der Waals surface area contributed by atoms with E-state index in [9.17, 15) is 19.1 Å². The molecule has 0 saturated heterocycles. The highest BCUT2D eigenvalue weighted by Crippen LogP contribution is 2.36. The summed E-state index contributed by atoms with van der Waals surface area (Å²) in [6, 6.07) is 11.5. The molecule has 4 rings (SSSR count). The van der Waals surface area contributed by atoms with Crippen molar-refractivity contribution < 1.29 is 19.1 Å². The zero-order valence-electron chi connectivity index (χ0n) is 14.1. The van der Waals surface area contributed by atoms with Crippen LogP contribution in [0.15, 0.2) is 47.8 Å². The van der Waals surface area contributed by atoms with Gasteiger partial charge < -0.3 is 5.11 Å². The third-order valence-corrected chi connectivity index (χ3v) is 6.51. The normalized spacial score (nSPS) is 11.1. The van der Waals surface area contributed by atoms with Crippen LogP contribution in [0.3, 0.4) is 0 Å². The van der Waals surface area contributed by atoms with E-state index in [-0.39, 0.29) is 33.2 Å². The Morgan fingerprint density at radius 1 is 1.18 bits per heavy atom. The maximum atomic E-state index is 14.3. The van der Waals surface area contributed by atoms with E-state index in [4.69, 9.17) is 11.6 Å². The Kier molecular flexibility index (Phi) is 4.97. The molecule has 0 aliphatic heterocycles. The standard InChI is InChI=1S/C20H11ClFNO3S2/c21-11-5-6-12(13(22)8-11)18-17(20(25)26)10(9-27-18)7-15(24)19-23-14-3-1-2-4-16(14)28-19/h1-6,8-9H,7H2,(H,25,26). The Morgan fingerprint density at radius 3 is 2.68 bits per heavy atom. The minimum atomic E-state index is -1.21. The summed E-state index contributed by atoms with van der Waals surface area (Å²) in [4.78, 5) is 29.1. The van der Waals surface area contributed by atoms with E-state index < -0.39 is 11.8 Å². The van der Waals surface area contributed by atoms with E-state index in [1.54, 1.807) is 5.38 Å². The summed E-state index contributed by atoms with van der Waals surface area (Å²) < 4.78 is 15.2. The van der Waals surface area contributed by atoms with Crippen molar-refractivity contribution in [3.63, 3.8) is 0 Å². The molecule has 0 radical (unpaired) electrons. The molecule has 28 heavy (non-hydrogen) atoms. The zero-order valence-corrected chi connectivity index (χ0v) is 16.5. The van der Waals surface area contributed by atoms with E-state index in [1.807, 2.05) is 24.3 Å². The molecule has 0 saturated carbocycles. The van der Waals surface area contributed by atoms with Crippen LogP contribution in [0.2, 0.25) is 5.02 Å². The van der Waals surface area contributed by atoms with Crippen molar-refractivity contribution in [2.75, 3.05) is 0 Å². The van der Waals surface area contributed by atoms with Crippen LogP contribution in [0.1, 0.15) is 25.7 Å². The van der Waals surface area contributed by atoms with Crippen molar-refractivity contribution in [1.29, 1.82) is 0 Å². The summed E-state index contributed by atoms with van der Waals surface area (Å²) in [5.41, 5.74) is 1.14. The van der Waals surface area contributed by atoms with Crippen LogP contribution >= 0.6 is 34.3 Å². The van der Waals surface area contributed by atoms with Crippen LogP contribution < -0.4 is 0 Å². The Labute approximate surface area is 171 Å². The second-order valence-corrected chi connectivity index (χ2v) is 8.33. The molecule has 0 atom stereocenters. The maximum Gasteiger partial charge on any atom is 0.337 e. The van der Waals surface area contributed by atoms with Gasteiger partial charge in [-0.15, -0.1) is 22.7 Å². The zero-order chi connectivity index (χ0) is 19.8. The van der Waals surface area contributed by atoms with Crippen molar-refractivity contribution in [3.8, 4) is 10.4 Å². The number of hydrogen-bond donors (Lipinski definition) is 1. The van der Waals surface area contributed by atoms with Gasteiger partial charge in [0.2, 0.25) is 0 Å². The van der Waals surface area contributed by atoms with Crippen LogP contribution in [0.5, 0.6) is 0 Å². The molecule has 0 aliphatic rings. The molecule has 0 unspecified atom stereocenters. The second kappa shape index (κ2) is 7.43. The van der Waals surface area contributed by atoms with Crippen LogP contribution in [0.25, 0.3) is 20.7 Å². The summed E-state index contributed by atoms with van der Waals surface area (Å²) in [5.74, 6) is -2.09. The highest BCUT2D eigenvalue weighted by Gasteiger charge is 2.24. The lowest BCUT2D eigenvalue weighted by molar-refractivity contribution is 0.0697. The molecule has 2 heterocycles. The SMILES string of the molecule is O=C(Cc1csc(-c2ccc(Cl)cc2F)c1C(=O)O)c1nc2ccccc2s1.